The molecule has 2 heteroatoms. The molecule has 0 saturated carbocycles. The summed E-state index contributed by atoms with van der Waals surface area (Å²) in [6.07, 6.45) is 1.09. The van der Waals surface area contributed by atoms with Crippen molar-refractivity contribution in [3.05, 3.63) is 11.1 Å². The third-order valence-electron chi connectivity index (χ3n) is 2.17. The lowest BCUT2D eigenvalue weighted by atomic mass is 10.0. The second-order valence-corrected chi connectivity index (χ2v) is 2.79. The lowest BCUT2D eigenvalue weighted by Gasteiger charge is -2.14. The van der Waals surface area contributed by atoms with E-state index >= 15 is 0 Å². The summed E-state index contributed by atoms with van der Waals surface area (Å²) >= 11 is 0. The number of rotatable bonds is 0. The summed E-state index contributed by atoms with van der Waals surface area (Å²) in [7, 11) is 0. The van der Waals surface area contributed by atoms with Crippen LogP contribution in [0.2, 0.25) is 0 Å². The molecule has 0 aromatic carbocycles. The summed E-state index contributed by atoms with van der Waals surface area (Å²) in [6, 6.07) is 0. The van der Waals surface area contributed by atoms with Gasteiger partial charge in [-0.1, -0.05) is 0 Å². The normalized spacial score (nSPS) is 24.7. The van der Waals surface area contributed by atoms with Crippen molar-refractivity contribution in [2.45, 2.75) is 13.3 Å². The first-order valence-corrected chi connectivity index (χ1v) is 3.68. The van der Waals surface area contributed by atoms with Crippen LogP contribution in [0.15, 0.2) is 16.1 Å². The molecule has 2 aliphatic heterocycles. The molecule has 0 unspecified atom stereocenters. The van der Waals surface area contributed by atoms with E-state index in [-0.39, 0.29) is 0 Å². The van der Waals surface area contributed by atoms with Crippen LogP contribution in [0.3, 0.4) is 0 Å². The maximum atomic E-state index is 5.32. The van der Waals surface area contributed by atoms with E-state index < -0.39 is 0 Å². The van der Waals surface area contributed by atoms with E-state index in [9.17, 15) is 0 Å². The van der Waals surface area contributed by atoms with Gasteiger partial charge < -0.3 is 4.74 Å². The molecule has 0 N–H and O–H groups in total. The Morgan fingerprint density at radius 1 is 1.50 bits per heavy atom. The summed E-state index contributed by atoms with van der Waals surface area (Å²) in [5, 5.41) is 0. The van der Waals surface area contributed by atoms with Gasteiger partial charge in [0, 0.05) is 5.71 Å². The predicted octanol–water partition coefficient (Wildman–Crippen LogP) is 1.18. The first kappa shape index (κ1) is 6.10. The van der Waals surface area contributed by atoms with Crippen molar-refractivity contribution in [3.8, 4) is 0 Å². The standard InChI is InChI=1S/C8H11NO/c1-6-8-5-10-3-2-7(8)4-9-6/h2-5H2,1H3. The van der Waals surface area contributed by atoms with Crippen LogP contribution in [0.4, 0.5) is 0 Å². The SMILES string of the molecule is CC1=NCC2=C1COCC2. The van der Waals surface area contributed by atoms with Crippen molar-refractivity contribution >= 4 is 5.71 Å². The molecule has 0 aliphatic carbocycles. The minimum atomic E-state index is 0.796. The van der Waals surface area contributed by atoms with Gasteiger partial charge in [-0.3, -0.25) is 4.99 Å². The molecule has 10 heavy (non-hydrogen) atoms. The van der Waals surface area contributed by atoms with Gasteiger partial charge in [0.05, 0.1) is 19.8 Å². The molecule has 2 rings (SSSR count). The second-order valence-electron chi connectivity index (χ2n) is 2.79. The van der Waals surface area contributed by atoms with Crippen LogP contribution in [0.5, 0.6) is 0 Å². The van der Waals surface area contributed by atoms with Crippen molar-refractivity contribution in [1.29, 1.82) is 0 Å². The quantitative estimate of drug-likeness (QED) is 0.491. The zero-order valence-corrected chi connectivity index (χ0v) is 6.18. The molecule has 0 aromatic heterocycles. The molecule has 0 bridgehead atoms. The third-order valence-corrected chi connectivity index (χ3v) is 2.17. The maximum Gasteiger partial charge on any atom is 0.0734 e. The highest BCUT2D eigenvalue weighted by molar-refractivity contribution is 6.01. The highest BCUT2D eigenvalue weighted by atomic mass is 16.5. The molecule has 0 amide bonds. The van der Waals surface area contributed by atoms with Crippen molar-refractivity contribution < 1.29 is 4.74 Å². The number of hydrogen-bond acceptors (Lipinski definition) is 2. The zero-order valence-electron chi connectivity index (χ0n) is 6.18. The fourth-order valence-electron chi connectivity index (χ4n) is 1.47. The first-order chi connectivity index (χ1) is 4.88. The van der Waals surface area contributed by atoms with Gasteiger partial charge in [-0.25, -0.2) is 0 Å². The van der Waals surface area contributed by atoms with Gasteiger partial charge >= 0.3 is 0 Å². The van der Waals surface area contributed by atoms with E-state index in [2.05, 4.69) is 11.9 Å². The summed E-state index contributed by atoms with van der Waals surface area (Å²) in [5.74, 6) is 0. The van der Waals surface area contributed by atoms with Crippen molar-refractivity contribution in [1.82, 2.24) is 0 Å². The van der Waals surface area contributed by atoms with Gasteiger partial charge in [0.1, 0.15) is 0 Å². The molecule has 0 fully saturated rings. The van der Waals surface area contributed by atoms with Crippen LogP contribution in [-0.4, -0.2) is 25.5 Å². The minimum absolute atomic E-state index is 0.796. The Bertz CT molecular complexity index is 215. The van der Waals surface area contributed by atoms with E-state index in [0.29, 0.717) is 0 Å². The van der Waals surface area contributed by atoms with Crippen LogP contribution in [-0.2, 0) is 4.74 Å². The molecule has 54 valence electrons. The third kappa shape index (κ3) is 0.797. The van der Waals surface area contributed by atoms with Gasteiger partial charge in [-0.15, -0.1) is 0 Å². The van der Waals surface area contributed by atoms with Crippen LogP contribution in [0.1, 0.15) is 13.3 Å². The maximum absolute atomic E-state index is 5.32. The van der Waals surface area contributed by atoms with E-state index in [4.69, 9.17) is 4.74 Å². The monoisotopic (exact) mass is 137 g/mol. The Labute approximate surface area is 60.6 Å². The molecule has 2 aliphatic rings. The highest BCUT2D eigenvalue weighted by Gasteiger charge is 2.18. The van der Waals surface area contributed by atoms with Gasteiger partial charge in [0.15, 0.2) is 0 Å². The fraction of sp³-hybridized carbons (Fsp3) is 0.625. The Morgan fingerprint density at radius 2 is 2.40 bits per heavy atom. The lowest BCUT2D eigenvalue weighted by Crippen LogP contribution is -2.12. The number of hydrogen-bond donors (Lipinski definition) is 0. The summed E-state index contributed by atoms with van der Waals surface area (Å²) < 4.78 is 5.32. The molecule has 0 spiro atoms. The molecule has 0 atom stereocenters. The van der Waals surface area contributed by atoms with Gasteiger partial charge in [-0.05, 0) is 24.5 Å². The molecule has 2 heterocycles. The Kier molecular flexibility index (Phi) is 1.34. The van der Waals surface area contributed by atoms with Crippen LogP contribution in [0.25, 0.3) is 0 Å². The first-order valence-electron chi connectivity index (χ1n) is 3.68. The number of aliphatic imine (C=N–C) groups is 1. The fourth-order valence-corrected chi connectivity index (χ4v) is 1.47. The summed E-state index contributed by atoms with van der Waals surface area (Å²) in [6.45, 7) is 4.69. The minimum Gasteiger partial charge on any atom is -0.376 e. The van der Waals surface area contributed by atoms with Crippen LogP contribution in [0, 0.1) is 0 Å². The van der Waals surface area contributed by atoms with Crippen molar-refractivity contribution in [2.75, 3.05) is 19.8 Å². The Hall–Kier alpha value is -0.630. The molecule has 0 aromatic rings. The van der Waals surface area contributed by atoms with Gasteiger partial charge in [0.2, 0.25) is 0 Å². The van der Waals surface area contributed by atoms with Crippen LogP contribution < -0.4 is 0 Å². The van der Waals surface area contributed by atoms with Gasteiger partial charge in [-0.2, -0.15) is 0 Å². The predicted molar refractivity (Wildman–Crippen MR) is 40.4 cm³/mol. The lowest BCUT2D eigenvalue weighted by molar-refractivity contribution is 0.151. The zero-order chi connectivity index (χ0) is 6.97. The molecular formula is C8H11NO. The highest BCUT2D eigenvalue weighted by Crippen LogP contribution is 2.22. The topological polar surface area (TPSA) is 21.6 Å². The smallest absolute Gasteiger partial charge is 0.0734 e. The van der Waals surface area contributed by atoms with E-state index in [1.165, 1.54) is 16.9 Å². The molecular weight excluding hydrogens is 126 g/mol. The molecule has 0 radical (unpaired) electrons. The van der Waals surface area contributed by atoms with Crippen LogP contribution >= 0.6 is 0 Å². The number of nitrogens with zero attached hydrogens (tertiary/aromatic N) is 1. The van der Waals surface area contributed by atoms with E-state index in [0.717, 1.165) is 26.2 Å². The Morgan fingerprint density at radius 3 is 3.20 bits per heavy atom. The average Bonchev–Trinajstić information content (AvgIpc) is 2.34. The van der Waals surface area contributed by atoms with Crippen molar-refractivity contribution in [2.24, 2.45) is 4.99 Å². The van der Waals surface area contributed by atoms with Crippen molar-refractivity contribution in [3.63, 3.8) is 0 Å². The molecule has 2 nitrogen and oxygen atoms in total. The molecule has 0 saturated heterocycles. The van der Waals surface area contributed by atoms with E-state index in [1.807, 2.05) is 0 Å². The average molecular weight is 137 g/mol. The summed E-state index contributed by atoms with van der Waals surface area (Å²) in [5.41, 5.74) is 4.06. The largest absolute Gasteiger partial charge is 0.376 e. The van der Waals surface area contributed by atoms with E-state index in [1.54, 1.807) is 0 Å². The summed E-state index contributed by atoms with van der Waals surface area (Å²) in [4.78, 5) is 4.34. The Balaban J connectivity index is 2.28. The second kappa shape index (κ2) is 2.20. The number of ether oxygens (including phenoxy) is 1. The van der Waals surface area contributed by atoms with Gasteiger partial charge in [0.25, 0.3) is 0 Å².